The monoisotopic (exact) mass is 273 g/mol. The standard InChI is InChI=1S/C12H11N5OS/c18-11(14-12-15-16-17-19-12)6-5-8-7-13-10-4-2-1-3-9(8)10/h1-4,7,13H,5-6H2,(H,14,15,17,18). The summed E-state index contributed by atoms with van der Waals surface area (Å²) in [5, 5.41) is 11.4. The molecule has 0 atom stereocenters. The van der Waals surface area contributed by atoms with E-state index in [0.29, 0.717) is 18.0 Å². The van der Waals surface area contributed by atoms with Gasteiger partial charge in [0.2, 0.25) is 11.0 Å². The fraction of sp³-hybridized carbons (Fsp3) is 0.167. The number of anilines is 1. The first kappa shape index (κ1) is 11.8. The van der Waals surface area contributed by atoms with Gasteiger partial charge in [-0.15, -0.1) is 0 Å². The summed E-state index contributed by atoms with van der Waals surface area (Å²) in [5.74, 6) is -0.0798. The zero-order valence-electron chi connectivity index (χ0n) is 9.96. The molecule has 0 unspecified atom stereocenters. The molecule has 0 spiro atoms. The highest BCUT2D eigenvalue weighted by Crippen LogP contribution is 2.19. The lowest BCUT2D eigenvalue weighted by molar-refractivity contribution is -0.116. The molecule has 7 heteroatoms. The number of amides is 1. The Morgan fingerprint density at radius 2 is 2.26 bits per heavy atom. The number of fused-ring (bicyclic) bond motifs is 1. The predicted octanol–water partition coefficient (Wildman–Crippen LogP) is 1.99. The van der Waals surface area contributed by atoms with Gasteiger partial charge in [-0.05, 0) is 23.3 Å². The lowest BCUT2D eigenvalue weighted by atomic mass is 10.1. The van der Waals surface area contributed by atoms with E-state index < -0.39 is 0 Å². The quantitative estimate of drug-likeness (QED) is 0.761. The normalized spacial score (nSPS) is 10.7. The SMILES string of the molecule is O=C(CCc1c[nH]c2ccccc12)Nc1nnns1. The molecule has 0 aliphatic rings. The highest BCUT2D eigenvalue weighted by molar-refractivity contribution is 7.09. The lowest BCUT2D eigenvalue weighted by Crippen LogP contribution is -2.12. The molecular formula is C12H11N5OS. The van der Waals surface area contributed by atoms with E-state index in [1.54, 1.807) is 0 Å². The van der Waals surface area contributed by atoms with Crippen molar-refractivity contribution in [1.29, 1.82) is 0 Å². The van der Waals surface area contributed by atoms with Crippen molar-refractivity contribution in [2.24, 2.45) is 0 Å². The number of hydrogen-bond acceptors (Lipinski definition) is 5. The van der Waals surface area contributed by atoms with E-state index in [-0.39, 0.29) is 5.91 Å². The molecule has 0 aliphatic heterocycles. The average Bonchev–Trinajstić information content (AvgIpc) is 3.05. The van der Waals surface area contributed by atoms with Gasteiger partial charge in [0.15, 0.2) is 0 Å². The van der Waals surface area contributed by atoms with Crippen LogP contribution in [-0.4, -0.2) is 25.7 Å². The van der Waals surface area contributed by atoms with Crippen LogP contribution >= 0.6 is 11.5 Å². The molecule has 96 valence electrons. The topological polar surface area (TPSA) is 83.6 Å². The Kier molecular flexibility index (Phi) is 3.20. The summed E-state index contributed by atoms with van der Waals surface area (Å²) >= 11 is 1.07. The first-order chi connectivity index (χ1) is 9.33. The molecule has 3 aromatic rings. The van der Waals surface area contributed by atoms with Gasteiger partial charge >= 0.3 is 0 Å². The van der Waals surface area contributed by atoms with E-state index in [1.807, 2.05) is 30.5 Å². The largest absolute Gasteiger partial charge is 0.361 e. The first-order valence-electron chi connectivity index (χ1n) is 5.83. The molecule has 6 nitrogen and oxygen atoms in total. The Bertz CT molecular complexity index is 691. The highest BCUT2D eigenvalue weighted by atomic mass is 32.1. The van der Waals surface area contributed by atoms with Crippen LogP contribution in [-0.2, 0) is 11.2 Å². The minimum Gasteiger partial charge on any atom is -0.361 e. The highest BCUT2D eigenvalue weighted by Gasteiger charge is 2.08. The van der Waals surface area contributed by atoms with Crippen LogP contribution in [0.4, 0.5) is 5.13 Å². The van der Waals surface area contributed by atoms with E-state index >= 15 is 0 Å². The summed E-state index contributed by atoms with van der Waals surface area (Å²) in [5.41, 5.74) is 2.23. The number of aromatic nitrogens is 4. The minimum absolute atomic E-state index is 0.0798. The maximum Gasteiger partial charge on any atom is 0.231 e. The van der Waals surface area contributed by atoms with Crippen LogP contribution in [0.1, 0.15) is 12.0 Å². The Hall–Kier alpha value is -2.28. The summed E-state index contributed by atoms with van der Waals surface area (Å²) in [6.07, 6.45) is 3.04. The van der Waals surface area contributed by atoms with E-state index in [2.05, 4.69) is 25.1 Å². The lowest BCUT2D eigenvalue weighted by Gasteiger charge is -2.00. The Balaban J connectivity index is 1.64. The predicted molar refractivity (Wildman–Crippen MR) is 73.0 cm³/mol. The molecule has 1 aromatic carbocycles. The molecule has 0 aliphatic carbocycles. The van der Waals surface area contributed by atoms with Crippen molar-refractivity contribution < 1.29 is 4.79 Å². The number of hydrogen-bond donors (Lipinski definition) is 2. The van der Waals surface area contributed by atoms with Gasteiger partial charge in [0, 0.05) is 35.1 Å². The van der Waals surface area contributed by atoms with Crippen molar-refractivity contribution in [2.45, 2.75) is 12.8 Å². The third kappa shape index (κ3) is 2.60. The summed E-state index contributed by atoms with van der Waals surface area (Å²) in [4.78, 5) is 14.9. The minimum atomic E-state index is -0.0798. The number of H-pyrrole nitrogens is 1. The number of nitrogens with one attached hydrogen (secondary N) is 2. The number of benzene rings is 1. The number of carbonyl (C=O) groups is 1. The zero-order valence-corrected chi connectivity index (χ0v) is 10.8. The Morgan fingerprint density at radius 1 is 1.37 bits per heavy atom. The molecule has 3 rings (SSSR count). The number of carbonyl (C=O) groups excluding carboxylic acids is 1. The molecule has 2 N–H and O–H groups in total. The number of aromatic amines is 1. The van der Waals surface area contributed by atoms with Crippen LogP contribution in [0.2, 0.25) is 0 Å². The molecule has 0 bridgehead atoms. The van der Waals surface area contributed by atoms with Crippen LogP contribution in [0.15, 0.2) is 30.5 Å². The van der Waals surface area contributed by atoms with Gasteiger partial charge in [0.05, 0.1) is 0 Å². The third-order valence-corrected chi connectivity index (χ3v) is 3.35. The second-order valence-electron chi connectivity index (χ2n) is 4.08. The first-order valence-corrected chi connectivity index (χ1v) is 6.60. The molecule has 2 aromatic heterocycles. The summed E-state index contributed by atoms with van der Waals surface area (Å²) in [6.45, 7) is 0. The van der Waals surface area contributed by atoms with Crippen LogP contribution in [0, 0.1) is 0 Å². The summed E-state index contributed by atoms with van der Waals surface area (Å²) in [6, 6.07) is 8.05. The van der Waals surface area contributed by atoms with E-state index in [4.69, 9.17) is 0 Å². The molecule has 0 radical (unpaired) electrons. The van der Waals surface area contributed by atoms with E-state index in [1.165, 1.54) is 0 Å². The second-order valence-corrected chi connectivity index (χ2v) is 4.81. The number of rotatable bonds is 4. The Morgan fingerprint density at radius 3 is 3.11 bits per heavy atom. The molecule has 19 heavy (non-hydrogen) atoms. The van der Waals surface area contributed by atoms with Crippen molar-refractivity contribution in [3.63, 3.8) is 0 Å². The van der Waals surface area contributed by atoms with Crippen LogP contribution in [0.5, 0.6) is 0 Å². The van der Waals surface area contributed by atoms with Crippen molar-refractivity contribution in [3.05, 3.63) is 36.0 Å². The summed E-state index contributed by atoms with van der Waals surface area (Å²) < 4.78 is 3.59. The molecular weight excluding hydrogens is 262 g/mol. The summed E-state index contributed by atoms with van der Waals surface area (Å²) in [7, 11) is 0. The van der Waals surface area contributed by atoms with Gasteiger partial charge in [0.1, 0.15) is 0 Å². The smallest absolute Gasteiger partial charge is 0.231 e. The number of para-hydroxylation sites is 1. The van der Waals surface area contributed by atoms with Gasteiger partial charge in [0.25, 0.3) is 0 Å². The van der Waals surface area contributed by atoms with Crippen molar-refractivity contribution in [2.75, 3.05) is 5.32 Å². The van der Waals surface area contributed by atoms with Crippen LogP contribution < -0.4 is 5.32 Å². The van der Waals surface area contributed by atoms with Crippen molar-refractivity contribution in [1.82, 2.24) is 19.8 Å². The van der Waals surface area contributed by atoms with E-state index in [0.717, 1.165) is 28.0 Å². The fourth-order valence-corrected chi connectivity index (χ4v) is 2.33. The molecule has 1 amide bonds. The molecule has 0 saturated carbocycles. The second kappa shape index (κ2) is 5.15. The molecule has 0 fully saturated rings. The van der Waals surface area contributed by atoms with Crippen molar-refractivity contribution in [3.8, 4) is 0 Å². The van der Waals surface area contributed by atoms with Crippen LogP contribution in [0.3, 0.4) is 0 Å². The van der Waals surface area contributed by atoms with Crippen LogP contribution in [0.25, 0.3) is 10.9 Å². The maximum absolute atomic E-state index is 11.7. The van der Waals surface area contributed by atoms with Gasteiger partial charge in [-0.25, -0.2) is 0 Å². The van der Waals surface area contributed by atoms with Gasteiger partial charge in [-0.2, -0.15) is 0 Å². The van der Waals surface area contributed by atoms with E-state index in [9.17, 15) is 4.79 Å². The van der Waals surface area contributed by atoms with Crippen molar-refractivity contribution >= 4 is 33.5 Å². The third-order valence-electron chi connectivity index (χ3n) is 2.84. The maximum atomic E-state index is 11.7. The number of nitrogens with zero attached hydrogens (tertiary/aromatic N) is 3. The Labute approximate surface area is 113 Å². The van der Waals surface area contributed by atoms with Gasteiger partial charge in [-0.3, -0.25) is 10.1 Å². The zero-order chi connectivity index (χ0) is 13.1. The fourth-order valence-electron chi connectivity index (χ4n) is 1.95. The van der Waals surface area contributed by atoms with Gasteiger partial charge < -0.3 is 4.98 Å². The number of aryl methyl sites for hydroxylation is 1. The molecule has 2 heterocycles. The molecule has 0 saturated heterocycles. The average molecular weight is 273 g/mol. The van der Waals surface area contributed by atoms with Gasteiger partial charge in [-0.1, -0.05) is 27.8 Å².